The molecule has 17 heavy (non-hydrogen) atoms. The van der Waals surface area contributed by atoms with Crippen molar-refractivity contribution in [1.29, 1.82) is 5.26 Å². The Morgan fingerprint density at radius 3 is 2.59 bits per heavy atom. The van der Waals surface area contributed by atoms with Gasteiger partial charge in [-0.3, -0.25) is 10.1 Å². The van der Waals surface area contributed by atoms with Gasteiger partial charge in [0, 0.05) is 0 Å². The number of alkyl halides is 2. The van der Waals surface area contributed by atoms with E-state index >= 15 is 0 Å². The summed E-state index contributed by atoms with van der Waals surface area (Å²) in [6.45, 7) is 0. The summed E-state index contributed by atoms with van der Waals surface area (Å²) >= 11 is 0. The monoisotopic (exact) mass is 243 g/mol. The van der Waals surface area contributed by atoms with E-state index in [0.717, 1.165) is 0 Å². The van der Waals surface area contributed by atoms with E-state index in [9.17, 15) is 23.7 Å². The highest BCUT2D eigenvalue weighted by Crippen LogP contribution is 2.26. The molecule has 0 spiro atoms. The van der Waals surface area contributed by atoms with E-state index in [0.29, 0.717) is 6.07 Å². The maximum atomic E-state index is 12.3. The molecule has 0 aliphatic carbocycles. The van der Waals surface area contributed by atoms with Gasteiger partial charge in [0.2, 0.25) is 5.69 Å². The quantitative estimate of drug-likeness (QED) is 0.634. The van der Waals surface area contributed by atoms with Gasteiger partial charge in [-0.25, -0.2) is 18.6 Å². The fourth-order valence-electron chi connectivity index (χ4n) is 1.09. The lowest BCUT2D eigenvalue weighted by Crippen LogP contribution is -2.10. The fourth-order valence-corrected chi connectivity index (χ4v) is 1.09. The molecule has 0 aliphatic heterocycles. The summed E-state index contributed by atoms with van der Waals surface area (Å²) in [7, 11) is 0. The molecule has 0 bridgehead atoms. The van der Waals surface area contributed by atoms with Gasteiger partial charge < -0.3 is 5.11 Å². The molecule has 0 atom stereocenters. The van der Waals surface area contributed by atoms with Crippen molar-refractivity contribution in [1.82, 2.24) is 4.98 Å². The van der Waals surface area contributed by atoms with Crippen molar-refractivity contribution < 1.29 is 23.6 Å². The second kappa shape index (κ2) is 4.48. The predicted octanol–water partition coefficient (Wildman–Crippen LogP) is 1.50. The van der Waals surface area contributed by atoms with Crippen LogP contribution in [0.1, 0.15) is 28.2 Å². The number of nitrogens with zero attached hydrogens (tertiary/aromatic N) is 3. The number of hydrogen-bond donors (Lipinski definition) is 1. The molecule has 1 aromatic rings. The third-order valence-electron chi connectivity index (χ3n) is 1.74. The van der Waals surface area contributed by atoms with E-state index < -0.39 is 40.0 Å². The maximum absolute atomic E-state index is 12.3. The second-order valence-corrected chi connectivity index (χ2v) is 2.77. The molecule has 1 aromatic heterocycles. The van der Waals surface area contributed by atoms with Gasteiger partial charge >= 0.3 is 11.7 Å². The molecular weight excluding hydrogens is 240 g/mol. The Labute approximate surface area is 92.1 Å². The van der Waals surface area contributed by atoms with Gasteiger partial charge in [0.05, 0.1) is 4.92 Å². The highest BCUT2D eigenvalue weighted by molar-refractivity contribution is 5.91. The van der Waals surface area contributed by atoms with Crippen LogP contribution < -0.4 is 0 Å². The number of nitriles is 1. The standard InChI is InChI=1S/C8H3F2N3O4/c9-7(10)4-1-3(2-11)6(13(16)17)5(12-4)8(14)15/h1,7H,(H,14,15). The molecule has 0 unspecified atom stereocenters. The van der Waals surface area contributed by atoms with Crippen LogP contribution in [-0.2, 0) is 0 Å². The molecule has 1 rings (SSSR count). The Morgan fingerprint density at radius 1 is 1.65 bits per heavy atom. The summed E-state index contributed by atoms with van der Waals surface area (Å²) in [5.74, 6) is -1.85. The summed E-state index contributed by atoms with van der Waals surface area (Å²) in [6, 6.07) is 1.78. The lowest BCUT2D eigenvalue weighted by molar-refractivity contribution is -0.385. The number of aromatic carboxylic acids is 1. The van der Waals surface area contributed by atoms with Crippen molar-refractivity contribution in [2.45, 2.75) is 6.43 Å². The predicted molar refractivity (Wildman–Crippen MR) is 47.5 cm³/mol. The summed E-state index contributed by atoms with van der Waals surface area (Å²) in [5.41, 5.74) is -4.03. The Morgan fingerprint density at radius 2 is 2.24 bits per heavy atom. The van der Waals surface area contributed by atoms with Crippen molar-refractivity contribution in [3.63, 3.8) is 0 Å². The Kier molecular flexibility index (Phi) is 3.28. The van der Waals surface area contributed by atoms with Crippen LogP contribution in [0, 0.1) is 21.4 Å². The van der Waals surface area contributed by atoms with Crippen molar-refractivity contribution in [3.8, 4) is 6.07 Å². The lowest BCUT2D eigenvalue weighted by atomic mass is 10.1. The van der Waals surface area contributed by atoms with E-state index in [4.69, 9.17) is 10.4 Å². The summed E-state index contributed by atoms with van der Waals surface area (Å²) in [6.07, 6.45) is -3.12. The molecule has 9 heteroatoms. The number of pyridine rings is 1. The zero-order chi connectivity index (χ0) is 13.2. The van der Waals surface area contributed by atoms with Crippen LogP contribution in [0.3, 0.4) is 0 Å². The number of aromatic nitrogens is 1. The molecule has 1 heterocycles. The van der Waals surface area contributed by atoms with Gasteiger partial charge in [-0.15, -0.1) is 0 Å². The third-order valence-corrected chi connectivity index (χ3v) is 1.74. The van der Waals surface area contributed by atoms with E-state index in [2.05, 4.69) is 4.98 Å². The largest absolute Gasteiger partial charge is 0.476 e. The Bertz CT molecular complexity index is 538. The minimum Gasteiger partial charge on any atom is -0.476 e. The topological polar surface area (TPSA) is 117 Å². The van der Waals surface area contributed by atoms with Crippen LogP contribution >= 0.6 is 0 Å². The van der Waals surface area contributed by atoms with Crippen molar-refractivity contribution in [3.05, 3.63) is 33.1 Å². The molecule has 0 aromatic carbocycles. The van der Waals surface area contributed by atoms with Gasteiger partial charge in [0.25, 0.3) is 6.43 Å². The molecule has 7 nitrogen and oxygen atoms in total. The number of halogens is 2. The van der Waals surface area contributed by atoms with E-state index in [1.165, 1.54) is 6.07 Å². The lowest BCUT2D eigenvalue weighted by Gasteiger charge is -2.03. The van der Waals surface area contributed by atoms with Crippen LogP contribution in [0.4, 0.5) is 14.5 Å². The van der Waals surface area contributed by atoms with Crippen LogP contribution in [-0.4, -0.2) is 21.0 Å². The molecule has 0 fully saturated rings. The highest BCUT2D eigenvalue weighted by Gasteiger charge is 2.29. The zero-order valence-electron chi connectivity index (χ0n) is 7.92. The normalized spacial score (nSPS) is 10.0. The average molecular weight is 243 g/mol. The van der Waals surface area contributed by atoms with E-state index in [-0.39, 0.29) is 0 Å². The number of nitro groups is 1. The molecule has 0 radical (unpaired) electrons. The van der Waals surface area contributed by atoms with Crippen LogP contribution in [0.25, 0.3) is 0 Å². The first kappa shape index (κ1) is 12.4. The van der Waals surface area contributed by atoms with Gasteiger partial charge in [0.15, 0.2) is 0 Å². The molecule has 0 aliphatic rings. The first-order valence-corrected chi connectivity index (χ1v) is 3.99. The SMILES string of the molecule is N#Cc1cc(C(F)F)nc(C(=O)O)c1[N+](=O)[O-]. The van der Waals surface area contributed by atoms with Gasteiger partial charge in [0.1, 0.15) is 17.3 Å². The Hall–Kier alpha value is -2.63. The molecule has 0 saturated carbocycles. The molecule has 0 saturated heterocycles. The number of carboxylic acid groups (broad SMARTS) is 1. The smallest absolute Gasteiger partial charge is 0.361 e. The zero-order valence-corrected chi connectivity index (χ0v) is 7.92. The average Bonchev–Trinajstić information content (AvgIpc) is 2.26. The fraction of sp³-hybridized carbons (Fsp3) is 0.125. The van der Waals surface area contributed by atoms with Gasteiger partial charge in [-0.05, 0) is 6.07 Å². The van der Waals surface area contributed by atoms with Crippen LogP contribution in [0.5, 0.6) is 0 Å². The maximum Gasteiger partial charge on any atom is 0.361 e. The number of rotatable bonds is 3. The number of carbonyl (C=O) groups is 1. The summed E-state index contributed by atoms with van der Waals surface area (Å²) in [4.78, 5) is 23.0. The van der Waals surface area contributed by atoms with Gasteiger partial charge in [-0.1, -0.05) is 0 Å². The minimum atomic E-state index is -3.12. The summed E-state index contributed by atoms with van der Waals surface area (Å²) in [5, 5.41) is 27.7. The van der Waals surface area contributed by atoms with Crippen molar-refractivity contribution in [2.75, 3.05) is 0 Å². The number of carboxylic acids is 1. The van der Waals surface area contributed by atoms with Crippen molar-refractivity contribution >= 4 is 11.7 Å². The summed E-state index contributed by atoms with van der Waals surface area (Å²) < 4.78 is 24.6. The van der Waals surface area contributed by atoms with Gasteiger partial charge in [-0.2, -0.15) is 5.26 Å². The third kappa shape index (κ3) is 2.31. The number of hydrogen-bond acceptors (Lipinski definition) is 5. The Balaban J connectivity index is 3.65. The minimum absolute atomic E-state index is 0.495. The van der Waals surface area contributed by atoms with Crippen LogP contribution in [0.2, 0.25) is 0 Å². The first-order valence-electron chi connectivity index (χ1n) is 3.99. The molecule has 88 valence electrons. The highest BCUT2D eigenvalue weighted by atomic mass is 19.3. The second-order valence-electron chi connectivity index (χ2n) is 2.77. The molecule has 0 amide bonds. The van der Waals surface area contributed by atoms with E-state index in [1.807, 2.05) is 0 Å². The molecular formula is C8H3F2N3O4. The first-order chi connectivity index (χ1) is 7.88. The van der Waals surface area contributed by atoms with Crippen molar-refractivity contribution in [2.24, 2.45) is 0 Å². The van der Waals surface area contributed by atoms with E-state index in [1.54, 1.807) is 0 Å². The molecule has 1 N–H and O–H groups in total. The van der Waals surface area contributed by atoms with Crippen LogP contribution in [0.15, 0.2) is 6.07 Å².